The van der Waals surface area contributed by atoms with Crippen LogP contribution >= 0.6 is 0 Å². The highest BCUT2D eigenvalue weighted by atomic mass is 15.3. The van der Waals surface area contributed by atoms with E-state index < -0.39 is 0 Å². The van der Waals surface area contributed by atoms with Gasteiger partial charge in [-0.1, -0.05) is 6.42 Å². The maximum Gasteiger partial charge on any atom is 0.147 e. The van der Waals surface area contributed by atoms with E-state index in [-0.39, 0.29) is 0 Å². The van der Waals surface area contributed by atoms with Crippen LogP contribution in [0.15, 0.2) is 12.4 Å². The van der Waals surface area contributed by atoms with Crippen molar-refractivity contribution in [1.29, 1.82) is 0 Å². The predicted molar refractivity (Wildman–Crippen MR) is 83.3 cm³/mol. The van der Waals surface area contributed by atoms with Gasteiger partial charge >= 0.3 is 0 Å². The first-order valence-corrected chi connectivity index (χ1v) is 8.42. The second-order valence-electron chi connectivity index (χ2n) is 6.66. The predicted octanol–water partition coefficient (Wildman–Crippen LogP) is 1.40. The molecule has 1 N–H and O–H groups in total. The Balaban J connectivity index is 1.41. The number of nitrogens with one attached hydrogen (secondary N) is 1. The van der Waals surface area contributed by atoms with Gasteiger partial charge in [-0.15, -0.1) is 0 Å². The summed E-state index contributed by atoms with van der Waals surface area (Å²) in [6, 6.07) is 1.45. The first kappa shape index (κ1) is 13.5. The molecule has 1 unspecified atom stereocenters. The minimum absolute atomic E-state index is 0.723. The maximum atomic E-state index is 4.82. The van der Waals surface area contributed by atoms with Crippen LogP contribution in [0.1, 0.15) is 37.8 Å². The number of nitrogens with zero attached hydrogens (tertiary/aromatic N) is 4. The third kappa shape index (κ3) is 3.19. The van der Waals surface area contributed by atoms with Gasteiger partial charge in [0.2, 0.25) is 0 Å². The van der Waals surface area contributed by atoms with Crippen LogP contribution in [-0.2, 0) is 6.54 Å². The zero-order chi connectivity index (χ0) is 14.1. The highest BCUT2D eigenvalue weighted by molar-refractivity contribution is 5.37. The van der Waals surface area contributed by atoms with E-state index in [4.69, 9.17) is 4.98 Å². The molecule has 2 saturated heterocycles. The van der Waals surface area contributed by atoms with Crippen LogP contribution in [0, 0.1) is 0 Å². The third-order valence-electron chi connectivity index (χ3n) is 4.98. The minimum atomic E-state index is 0.723. The summed E-state index contributed by atoms with van der Waals surface area (Å²) in [4.78, 5) is 14.3. The number of rotatable bonds is 4. The molecule has 4 rings (SSSR count). The lowest BCUT2D eigenvalue weighted by molar-refractivity contribution is 0.133. The van der Waals surface area contributed by atoms with Gasteiger partial charge in [0.1, 0.15) is 5.82 Å². The Bertz CT molecular complexity index is 487. The number of piperazine rings is 1. The van der Waals surface area contributed by atoms with Crippen molar-refractivity contribution in [3.05, 3.63) is 18.1 Å². The lowest BCUT2D eigenvalue weighted by Gasteiger charge is -2.44. The molecule has 0 amide bonds. The van der Waals surface area contributed by atoms with Gasteiger partial charge in [0.05, 0.1) is 11.9 Å². The zero-order valence-corrected chi connectivity index (χ0v) is 12.7. The van der Waals surface area contributed by atoms with Crippen molar-refractivity contribution in [2.75, 3.05) is 31.1 Å². The Morgan fingerprint density at radius 3 is 2.95 bits per heavy atom. The van der Waals surface area contributed by atoms with Gasteiger partial charge in [0.25, 0.3) is 0 Å². The summed E-state index contributed by atoms with van der Waals surface area (Å²) in [7, 11) is 0. The van der Waals surface area contributed by atoms with E-state index in [1.807, 2.05) is 12.4 Å². The van der Waals surface area contributed by atoms with E-state index in [1.54, 1.807) is 0 Å². The summed E-state index contributed by atoms with van der Waals surface area (Å²) in [5.41, 5.74) is 1.07. The molecule has 3 heterocycles. The third-order valence-corrected chi connectivity index (χ3v) is 4.98. The largest absolute Gasteiger partial charge is 0.352 e. The number of hydrogen-bond donors (Lipinski definition) is 1. The number of fused-ring (bicyclic) bond motifs is 1. The van der Waals surface area contributed by atoms with E-state index in [9.17, 15) is 0 Å². The van der Waals surface area contributed by atoms with Crippen LogP contribution in [0.3, 0.4) is 0 Å². The molecule has 1 aromatic rings. The van der Waals surface area contributed by atoms with Crippen molar-refractivity contribution in [2.45, 2.75) is 50.7 Å². The molecule has 5 nitrogen and oxygen atoms in total. The van der Waals surface area contributed by atoms with Crippen molar-refractivity contribution < 1.29 is 0 Å². The molecule has 3 fully saturated rings. The fourth-order valence-corrected chi connectivity index (χ4v) is 3.53. The van der Waals surface area contributed by atoms with Crippen LogP contribution < -0.4 is 10.2 Å². The van der Waals surface area contributed by atoms with Crippen LogP contribution in [-0.4, -0.2) is 53.1 Å². The molecule has 0 spiro atoms. The molecule has 1 atom stereocenters. The van der Waals surface area contributed by atoms with Gasteiger partial charge < -0.3 is 10.2 Å². The van der Waals surface area contributed by atoms with Gasteiger partial charge in [-0.3, -0.25) is 9.88 Å². The van der Waals surface area contributed by atoms with E-state index in [2.05, 4.69) is 20.1 Å². The molecule has 0 radical (unpaired) electrons. The molecule has 1 aromatic heterocycles. The molecule has 114 valence electrons. The van der Waals surface area contributed by atoms with E-state index in [0.717, 1.165) is 43.2 Å². The van der Waals surface area contributed by atoms with Crippen LogP contribution in [0.25, 0.3) is 0 Å². The number of aromatic nitrogens is 2. The SMILES string of the molecule is c1ncc(N2CCN3CCCCC3C2)nc1CNC1CC1. The fraction of sp³-hybridized carbons (Fsp3) is 0.750. The smallest absolute Gasteiger partial charge is 0.147 e. The Labute approximate surface area is 126 Å². The van der Waals surface area contributed by atoms with Crippen molar-refractivity contribution in [3.63, 3.8) is 0 Å². The quantitative estimate of drug-likeness (QED) is 0.907. The number of piperidine rings is 1. The van der Waals surface area contributed by atoms with Crippen LogP contribution in [0.5, 0.6) is 0 Å². The number of anilines is 1. The summed E-state index contributed by atoms with van der Waals surface area (Å²) in [5, 5.41) is 3.52. The molecule has 5 heteroatoms. The summed E-state index contributed by atoms with van der Waals surface area (Å²) in [6.45, 7) is 5.53. The monoisotopic (exact) mass is 287 g/mol. The molecule has 1 saturated carbocycles. The van der Waals surface area contributed by atoms with Crippen LogP contribution in [0.4, 0.5) is 5.82 Å². The van der Waals surface area contributed by atoms with E-state index in [0.29, 0.717) is 0 Å². The summed E-state index contributed by atoms with van der Waals surface area (Å²) in [5.74, 6) is 1.07. The highest BCUT2D eigenvalue weighted by Crippen LogP contribution is 2.24. The first-order valence-electron chi connectivity index (χ1n) is 8.42. The second kappa shape index (κ2) is 5.89. The highest BCUT2D eigenvalue weighted by Gasteiger charge is 2.29. The van der Waals surface area contributed by atoms with Crippen LogP contribution in [0.2, 0.25) is 0 Å². The summed E-state index contributed by atoms with van der Waals surface area (Å²) < 4.78 is 0. The van der Waals surface area contributed by atoms with Gasteiger partial charge in [-0.25, -0.2) is 4.98 Å². The molecule has 21 heavy (non-hydrogen) atoms. The Morgan fingerprint density at radius 2 is 2.05 bits per heavy atom. The first-order chi connectivity index (χ1) is 10.4. The second-order valence-corrected chi connectivity index (χ2v) is 6.66. The molecule has 0 bridgehead atoms. The molecule has 3 aliphatic rings. The molecule has 2 aliphatic heterocycles. The van der Waals surface area contributed by atoms with Gasteiger partial charge in [-0.2, -0.15) is 0 Å². The van der Waals surface area contributed by atoms with Crippen molar-refractivity contribution in [1.82, 2.24) is 20.2 Å². The average Bonchev–Trinajstić information content (AvgIpc) is 3.37. The van der Waals surface area contributed by atoms with Crippen molar-refractivity contribution >= 4 is 5.82 Å². The zero-order valence-electron chi connectivity index (χ0n) is 12.7. The molecular weight excluding hydrogens is 262 g/mol. The average molecular weight is 287 g/mol. The minimum Gasteiger partial charge on any atom is -0.352 e. The lowest BCUT2D eigenvalue weighted by Crippen LogP contribution is -2.55. The molecule has 1 aliphatic carbocycles. The van der Waals surface area contributed by atoms with Gasteiger partial charge in [-0.05, 0) is 32.2 Å². The van der Waals surface area contributed by atoms with E-state index >= 15 is 0 Å². The Kier molecular flexibility index (Phi) is 3.78. The van der Waals surface area contributed by atoms with E-state index in [1.165, 1.54) is 45.2 Å². The normalized spacial score (nSPS) is 26.7. The maximum absolute atomic E-state index is 4.82. The molecule has 0 aromatic carbocycles. The Hall–Kier alpha value is -1.20. The van der Waals surface area contributed by atoms with Gasteiger partial charge in [0, 0.05) is 44.5 Å². The topological polar surface area (TPSA) is 44.3 Å². The summed E-state index contributed by atoms with van der Waals surface area (Å²) >= 11 is 0. The van der Waals surface area contributed by atoms with Crippen molar-refractivity contribution in [3.8, 4) is 0 Å². The van der Waals surface area contributed by atoms with Crippen molar-refractivity contribution in [2.24, 2.45) is 0 Å². The lowest BCUT2D eigenvalue weighted by atomic mass is 9.99. The summed E-state index contributed by atoms with van der Waals surface area (Å²) in [6.07, 6.45) is 10.6. The standard InChI is InChI=1S/C16H25N5/c1-2-6-20-7-8-21(12-15(20)3-1)16-11-17-9-14(19-16)10-18-13-4-5-13/h9,11,13,15,18H,1-8,10,12H2. The molecular formula is C16H25N5. The van der Waals surface area contributed by atoms with Gasteiger partial charge in [0.15, 0.2) is 0 Å². The Morgan fingerprint density at radius 1 is 1.10 bits per heavy atom. The fourth-order valence-electron chi connectivity index (χ4n) is 3.53. The number of hydrogen-bond acceptors (Lipinski definition) is 5.